The van der Waals surface area contributed by atoms with Crippen molar-refractivity contribution in [3.05, 3.63) is 53.1 Å². The van der Waals surface area contributed by atoms with E-state index in [-0.39, 0.29) is 18.3 Å². The molecule has 0 saturated carbocycles. The Morgan fingerprint density at radius 2 is 2.17 bits per heavy atom. The summed E-state index contributed by atoms with van der Waals surface area (Å²) in [5, 5.41) is 12.0. The number of aliphatic hydroxyl groups is 1. The maximum atomic E-state index is 14.1. The van der Waals surface area contributed by atoms with Crippen LogP contribution in [0.15, 0.2) is 30.6 Å². The van der Waals surface area contributed by atoms with Gasteiger partial charge in [0.15, 0.2) is 0 Å². The van der Waals surface area contributed by atoms with Crippen LogP contribution in [-0.4, -0.2) is 40.6 Å². The van der Waals surface area contributed by atoms with E-state index >= 15 is 0 Å². The molecule has 0 spiro atoms. The fourth-order valence-electron chi connectivity index (χ4n) is 2.90. The number of aryl methyl sites for hydroxylation is 1. The van der Waals surface area contributed by atoms with Crippen molar-refractivity contribution in [1.29, 1.82) is 0 Å². The predicted molar refractivity (Wildman–Crippen MR) is 90.0 cm³/mol. The highest BCUT2D eigenvalue weighted by molar-refractivity contribution is 6.02. The number of nitrogens with zero attached hydrogens (tertiary/aromatic N) is 2. The number of fused-ring (bicyclic) bond motifs is 1. The zero-order valence-corrected chi connectivity index (χ0v) is 13.6. The van der Waals surface area contributed by atoms with Gasteiger partial charge in [0.25, 0.3) is 5.91 Å². The van der Waals surface area contributed by atoms with Gasteiger partial charge in [-0.25, -0.2) is 4.39 Å². The van der Waals surface area contributed by atoms with Gasteiger partial charge >= 0.3 is 0 Å². The van der Waals surface area contributed by atoms with E-state index in [9.17, 15) is 9.18 Å². The van der Waals surface area contributed by atoms with Crippen LogP contribution in [0.4, 0.5) is 15.8 Å². The summed E-state index contributed by atoms with van der Waals surface area (Å²) >= 11 is 0. The zero-order valence-electron chi connectivity index (χ0n) is 13.6. The van der Waals surface area contributed by atoms with Crippen LogP contribution in [0.3, 0.4) is 0 Å². The van der Waals surface area contributed by atoms with Crippen molar-refractivity contribution in [3.63, 3.8) is 0 Å². The number of nitrogens with one attached hydrogen (secondary N) is 1. The number of halogens is 1. The van der Waals surface area contributed by atoms with E-state index in [0.29, 0.717) is 42.9 Å². The van der Waals surface area contributed by atoms with Gasteiger partial charge in [0.2, 0.25) is 0 Å². The molecule has 0 radical (unpaired) electrons. The van der Waals surface area contributed by atoms with Crippen LogP contribution in [0.5, 0.6) is 0 Å². The Kier molecular flexibility index (Phi) is 4.76. The van der Waals surface area contributed by atoms with Crippen LogP contribution in [0.2, 0.25) is 0 Å². The van der Waals surface area contributed by atoms with Crippen LogP contribution < -0.4 is 5.32 Å². The molecule has 1 aromatic carbocycles. The van der Waals surface area contributed by atoms with E-state index in [1.807, 2.05) is 13.0 Å². The van der Waals surface area contributed by atoms with Gasteiger partial charge in [-0.1, -0.05) is 6.07 Å². The quantitative estimate of drug-likeness (QED) is 0.885. The number of aliphatic hydroxyl groups excluding tert-OH is 1. The highest BCUT2D eigenvalue weighted by Crippen LogP contribution is 2.29. The number of hydrogen-bond donors (Lipinski definition) is 2. The minimum absolute atomic E-state index is 0.0483. The lowest BCUT2D eigenvalue weighted by Crippen LogP contribution is -2.39. The highest BCUT2D eigenvalue weighted by Gasteiger charge is 2.27. The second-order valence-electron chi connectivity index (χ2n) is 5.95. The number of carbonyl (C=O) groups is 1. The Hall–Kier alpha value is -2.47. The van der Waals surface area contributed by atoms with Crippen molar-refractivity contribution < 1.29 is 14.3 Å². The maximum absolute atomic E-state index is 14.1. The highest BCUT2D eigenvalue weighted by atomic mass is 19.1. The molecule has 2 aromatic rings. The average molecular weight is 329 g/mol. The van der Waals surface area contributed by atoms with Gasteiger partial charge in [-0.05, 0) is 43.0 Å². The molecule has 2 heterocycles. The standard InChI is InChI=1S/C18H20FN3O2/c1-12-3-4-15(14(19)9-12)21-16-11-20-10-13-5-7-22(6-2-8-23)18(24)17(13)16/h3-4,9-11,21,23H,2,5-8H2,1H3. The summed E-state index contributed by atoms with van der Waals surface area (Å²) in [7, 11) is 0. The van der Waals surface area contributed by atoms with Gasteiger partial charge in [0, 0.05) is 25.9 Å². The minimum atomic E-state index is -0.368. The normalized spacial score (nSPS) is 13.8. The molecule has 126 valence electrons. The third-order valence-corrected chi connectivity index (χ3v) is 4.16. The molecule has 1 aliphatic rings. The number of rotatable bonds is 5. The first-order valence-electron chi connectivity index (χ1n) is 8.00. The molecule has 2 N–H and O–H groups in total. The SMILES string of the molecule is Cc1ccc(Nc2cncc3c2C(=O)N(CCCO)CC3)c(F)c1. The second kappa shape index (κ2) is 6.97. The van der Waals surface area contributed by atoms with Gasteiger partial charge in [0.1, 0.15) is 5.82 Å². The first kappa shape index (κ1) is 16.4. The van der Waals surface area contributed by atoms with Gasteiger partial charge < -0.3 is 15.3 Å². The lowest BCUT2D eigenvalue weighted by molar-refractivity contribution is 0.0730. The third kappa shape index (κ3) is 3.23. The average Bonchev–Trinajstić information content (AvgIpc) is 2.57. The largest absolute Gasteiger partial charge is 0.396 e. The number of carbonyl (C=O) groups excluding carboxylic acids is 1. The van der Waals surface area contributed by atoms with Crippen LogP contribution in [0, 0.1) is 12.7 Å². The number of pyridine rings is 1. The van der Waals surface area contributed by atoms with Crippen LogP contribution >= 0.6 is 0 Å². The maximum Gasteiger partial charge on any atom is 0.256 e. The number of hydrogen-bond acceptors (Lipinski definition) is 4. The van der Waals surface area contributed by atoms with Crippen molar-refractivity contribution in [3.8, 4) is 0 Å². The molecular formula is C18H20FN3O2. The molecule has 1 amide bonds. The Morgan fingerprint density at radius 1 is 1.33 bits per heavy atom. The number of aromatic nitrogens is 1. The molecule has 0 fully saturated rings. The fourth-order valence-corrected chi connectivity index (χ4v) is 2.90. The molecule has 5 nitrogen and oxygen atoms in total. The summed E-state index contributed by atoms with van der Waals surface area (Å²) in [6, 6.07) is 4.91. The Bertz CT molecular complexity index is 764. The van der Waals surface area contributed by atoms with Crippen molar-refractivity contribution in [2.24, 2.45) is 0 Å². The topological polar surface area (TPSA) is 65.5 Å². The summed E-state index contributed by atoms with van der Waals surface area (Å²) in [6.45, 7) is 2.99. The molecule has 6 heteroatoms. The number of amides is 1. The molecule has 3 rings (SSSR count). The van der Waals surface area contributed by atoms with E-state index in [0.717, 1.165) is 11.1 Å². The van der Waals surface area contributed by atoms with Crippen LogP contribution in [-0.2, 0) is 6.42 Å². The monoisotopic (exact) mass is 329 g/mol. The Labute approximate surface area is 140 Å². The molecule has 0 saturated heterocycles. The van der Waals surface area contributed by atoms with E-state index in [1.54, 1.807) is 23.4 Å². The smallest absolute Gasteiger partial charge is 0.256 e. The minimum Gasteiger partial charge on any atom is -0.396 e. The first-order valence-corrected chi connectivity index (χ1v) is 8.00. The molecule has 1 aromatic heterocycles. The van der Waals surface area contributed by atoms with Crippen LogP contribution in [0.25, 0.3) is 0 Å². The molecule has 24 heavy (non-hydrogen) atoms. The summed E-state index contributed by atoms with van der Waals surface area (Å²) in [5.74, 6) is -0.477. The van der Waals surface area contributed by atoms with E-state index < -0.39 is 0 Å². The second-order valence-corrected chi connectivity index (χ2v) is 5.95. The first-order chi connectivity index (χ1) is 11.6. The van der Waals surface area contributed by atoms with E-state index in [4.69, 9.17) is 5.11 Å². The van der Waals surface area contributed by atoms with Crippen molar-refractivity contribution in [1.82, 2.24) is 9.88 Å². The molecule has 0 aliphatic carbocycles. The van der Waals surface area contributed by atoms with E-state index in [2.05, 4.69) is 10.3 Å². The van der Waals surface area contributed by atoms with Crippen molar-refractivity contribution in [2.45, 2.75) is 19.8 Å². The Morgan fingerprint density at radius 3 is 2.92 bits per heavy atom. The Balaban J connectivity index is 1.92. The fraction of sp³-hybridized carbons (Fsp3) is 0.333. The lowest BCUT2D eigenvalue weighted by Gasteiger charge is -2.29. The van der Waals surface area contributed by atoms with E-state index in [1.165, 1.54) is 6.07 Å². The number of anilines is 2. The van der Waals surface area contributed by atoms with Gasteiger partial charge in [-0.3, -0.25) is 9.78 Å². The lowest BCUT2D eigenvalue weighted by atomic mass is 9.99. The predicted octanol–water partition coefficient (Wildman–Crippen LogP) is 2.65. The number of benzene rings is 1. The molecule has 0 bridgehead atoms. The molecule has 0 unspecified atom stereocenters. The molecule has 1 aliphatic heterocycles. The van der Waals surface area contributed by atoms with Gasteiger partial charge in [-0.15, -0.1) is 0 Å². The molecular weight excluding hydrogens is 309 g/mol. The molecule has 0 atom stereocenters. The van der Waals surface area contributed by atoms with Crippen molar-refractivity contribution >= 4 is 17.3 Å². The summed E-state index contributed by atoms with van der Waals surface area (Å²) < 4.78 is 14.1. The van der Waals surface area contributed by atoms with Crippen LogP contribution in [0.1, 0.15) is 27.9 Å². The summed E-state index contributed by atoms with van der Waals surface area (Å²) in [5.41, 5.74) is 3.05. The van der Waals surface area contributed by atoms with Gasteiger partial charge in [0.05, 0.1) is 23.1 Å². The third-order valence-electron chi connectivity index (χ3n) is 4.16. The summed E-state index contributed by atoms with van der Waals surface area (Å²) in [4.78, 5) is 18.6. The van der Waals surface area contributed by atoms with Crippen molar-refractivity contribution in [2.75, 3.05) is 25.0 Å². The zero-order chi connectivity index (χ0) is 17.1. The summed E-state index contributed by atoms with van der Waals surface area (Å²) in [6.07, 6.45) is 4.48. The van der Waals surface area contributed by atoms with Gasteiger partial charge in [-0.2, -0.15) is 0 Å².